The topological polar surface area (TPSA) is 55.4 Å². The summed E-state index contributed by atoms with van der Waals surface area (Å²) in [5, 5.41) is 0. The van der Waals surface area contributed by atoms with Crippen LogP contribution in [0.15, 0.2) is 52.3 Å². The molecule has 0 aliphatic rings. The maximum Gasteiger partial charge on any atom is 0.240 e. The summed E-state index contributed by atoms with van der Waals surface area (Å²) in [5.41, 5.74) is 2.21. The van der Waals surface area contributed by atoms with Gasteiger partial charge in [0.1, 0.15) is 12.4 Å². The predicted molar refractivity (Wildman–Crippen MR) is 94.8 cm³/mol. The van der Waals surface area contributed by atoms with Crippen molar-refractivity contribution >= 4 is 21.8 Å². The lowest BCUT2D eigenvalue weighted by molar-refractivity contribution is 0.320. The third-order valence-electron chi connectivity index (χ3n) is 3.35. The number of benzene rings is 2. The van der Waals surface area contributed by atoms with Crippen molar-refractivity contribution in [2.24, 2.45) is 0 Å². The minimum Gasteiger partial charge on any atom is -0.492 e. The van der Waals surface area contributed by atoms with Crippen LogP contribution in [0.1, 0.15) is 11.1 Å². The lowest BCUT2D eigenvalue weighted by atomic mass is 10.1. The molecule has 124 valence electrons. The van der Waals surface area contributed by atoms with E-state index in [4.69, 9.17) is 4.74 Å². The Bertz CT molecular complexity index is 756. The molecule has 23 heavy (non-hydrogen) atoms. The molecule has 0 atom stereocenters. The van der Waals surface area contributed by atoms with Crippen molar-refractivity contribution in [2.45, 2.75) is 23.6 Å². The van der Waals surface area contributed by atoms with Gasteiger partial charge in [-0.2, -0.15) is 0 Å². The molecule has 6 heteroatoms. The molecule has 0 fully saturated rings. The predicted octanol–water partition coefficient (Wildman–Crippen LogP) is 3.38. The number of hydrogen-bond donors (Lipinski definition) is 1. The fourth-order valence-corrected chi connectivity index (χ4v) is 3.56. The molecular weight excluding hydrogens is 330 g/mol. The van der Waals surface area contributed by atoms with Gasteiger partial charge in [-0.3, -0.25) is 0 Å². The fourth-order valence-electron chi connectivity index (χ4n) is 2.14. The summed E-state index contributed by atoms with van der Waals surface area (Å²) in [7, 11) is -3.50. The van der Waals surface area contributed by atoms with Crippen molar-refractivity contribution in [1.29, 1.82) is 0 Å². The highest BCUT2D eigenvalue weighted by Gasteiger charge is 2.13. The minimum atomic E-state index is -3.50. The Hall–Kier alpha value is -1.50. The van der Waals surface area contributed by atoms with Gasteiger partial charge in [-0.05, 0) is 56.0 Å². The average Bonchev–Trinajstić information content (AvgIpc) is 2.53. The maximum absolute atomic E-state index is 12.2. The van der Waals surface area contributed by atoms with E-state index in [0.29, 0.717) is 0 Å². The largest absolute Gasteiger partial charge is 0.492 e. The van der Waals surface area contributed by atoms with Crippen molar-refractivity contribution in [3.8, 4) is 5.75 Å². The average molecular weight is 351 g/mol. The van der Waals surface area contributed by atoms with E-state index in [1.54, 1.807) is 36.0 Å². The normalized spacial score (nSPS) is 11.4. The van der Waals surface area contributed by atoms with Gasteiger partial charge in [0.05, 0.1) is 4.90 Å². The van der Waals surface area contributed by atoms with Crippen molar-refractivity contribution in [3.63, 3.8) is 0 Å². The van der Waals surface area contributed by atoms with Crippen LogP contribution in [0.4, 0.5) is 0 Å². The van der Waals surface area contributed by atoms with E-state index in [9.17, 15) is 8.42 Å². The van der Waals surface area contributed by atoms with E-state index in [0.717, 1.165) is 16.2 Å². The highest BCUT2D eigenvalue weighted by Crippen LogP contribution is 2.19. The van der Waals surface area contributed by atoms with E-state index < -0.39 is 10.0 Å². The van der Waals surface area contributed by atoms with E-state index in [2.05, 4.69) is 4.72 Å². The molecule has 0 aliphatic heterocycles. The lowest BCUT2D eigenvalue weighted by Crippen LogP contribution is -2.28. The van der Waals surface area contributed by atoms with Gasteiger partial charge in [-0.25, -0.2) is 13.1 Å². The molecule has 0 unspecified atom stereocenters. The quantitative estimate of drug-likeness (QED) is 0.614. The number of aryl methyl sites for hydroxylation is 2. The van der Waals surface area contributed by atoms with E-state index in [-0.39, 0.29) is 18.0 Å². The molecule has 2 aromatic rings. The third kappa shape index (κ3) is 4.99. The van der Waals surface area contributed by atoms with Gasteiger partial charge < -0.3 is 4.74 Å². The monoisotopic (exact) mass is 351 g/mol. The zero-order valence-electron chi connectivity index (χ0n) is 13.5. The Morgan fingerprint density at radius 3 is 2.39 bits per heavy atom. The van der Waals surface area contributed by atoms with Crippen LogP contribution in [0.25, 0.3) is 0 Å². The Kier molecular flexibility index (Phi) is 6.10. The smallest absolute Gasteiger partial charge is 0.240 e. The lowest BCUT2D eigenvalue weighted by Gasteiger charge is -2.11. The van der Waals surface area contributed by atoms with Crippen LogP contribution in [0.3, 0.4) is 0 Å². The Morgan fingerprint density at radius 1 is 1.09 bits per heavy atom. The molecule has 0 aliphatic carbocycles. The fraction of sp³-hybridized carbons (Fsp3) is 0.294. The maximum atomic E-state index is 12.2. The Morgan fingerprint density at radius 2 is 1.78 bits per heavy atom. The highest BCUT2D eigenvalue weighted by atomic mass is 32.2. The number of ether oxygens (including phenoxy) is 1. The van der Waals surface area contributed by atoms with Gasteiger partial charge in [0.25, 0.3) is 0 Å². The first-order valence-electron chi connectivity index (χ1n) is 7.26. The molecule has 0 bridgehead atoms. The van der Waals surface area contributed by atoms with Gasteiger partial charge in [-0.1, -0.05) is 17.7 Å². The molecule has 0 radical (unpaired) electrons. The zero-order valence-corrected chi connectivity index (χ0v) is 15.1. The molecule has 0 spiro atoms. The second-order valence-electron chi connectivity index (χ2n) is 5.19. The SMILES string of the molecule is CSc1ccc(S(=O)(=O)NCCOc2ccc(C)cc2C)cc1. The summed E-state index contributed by atoms with van der Waals surface area (Å²) in [6, 6.07) is 12.7. The van der Waals surface area contributed by atoms with E-state index in [1.165, 1.54) is 5.56 Å². The van der Waals surface area contributed by atoms with Crippen molar-refractivity contribution < 1.29 is 13.2 Å². The molecular formula is C17H21NO3S2. The van der Waals surface area contributed by atoms with Crippen molar-refractivity contribution in [1.82, 2.24) is 4.72 Å². The Labute approximate surface area is 142 Å². The summed E-state index contributed by atoms with van der Waals surface area (Å²) in [6.07, 6.45) is 1.95. The molecule has 4 nitrogen and oxygen atoms in total. The van der Waals surface area contributed by atoms with Crippen LogP contribution in [-0.4, -0.2) is 27.8 Å². The van der Waals surface area contributed by atoms with Crippen LogP contribution in [0.5, 0.6) is 5.75 Å². The molecule has 2 aromatic carbocycles. The van der Waals surface area contributed by atoms with Crippen molar-refractivity contribution in [2.75, 3.05) is 19.4 Å². The second kappa shape index (κ2) is 7.86. The van der Waals surface area contributed by atoms with Gasteiger partial charge in [0.2, 0.25) is 10.0 Å². The van der Waals surface area contributed by atoms with Gasteiger partial charge in [0, 0.05) is 11.4 Å². The number of thioether (sulfide) groups is 1. The van der Waals surface area contributed by atoms with Gasteiger partial charge in [-0.15, -0.1) is 11.8 Å². The molecule has 0 heterocycles. The van der Waals surface area contributed by atoms with E-state index >= 15 is 0 Å². The van der Waals surface area contributed by atoms with Gasteiger partial charge in [0.15, 0.2) is 0 Å². The summed E-state index contributed by atoms with van der Waals surface area (Å²) in [5.74, 6) is 0.777. The van der Waals surface area contributed by atoms with Gasteiger partial charge >= 0.3 is 0 Å². The van der Waals surface area contributed by atoms with Crippen LogP contribution >= 0.6 is 11.8 Å². The third-order valence-corrected chi connectivity index (χ3v) is 5.57. The summed E-state index contributed by atoms with van der Waals surface area (Å²) >= 11 is 1.57. The number of hydrogen-bond acceptors (Lipinski definition) is 4. The molecule has 0 saturated heterocycles. The zero-order chi connectivity index (χ0) is 16.9. The molecule has 0 saturated carbocycles. The first kappa shape index (κ1) is 17.8. The highest BCUT2D eigenvalue weighted by molar-refractivity contribution is 7.98. The van der Waals surface area contributed by atoms with Crippen LogP contribution < -0.4 is 9.46 Å². The summed E-state index contributed by atoms with van der Waals surface area (Å²) < 4.78 is 32.5. The molecule has 1 N–H and O–H groups in total. The molecule has 0 amide bonds. The summed E-state index contributed by atoms with van der Waals surface area (Å²) in [4.78, 5) is 1.30. The van der Waals surface area contributed by atoms with Crippen molar-refractivity contribution in [3.05, 3.63) is 53.6 Å². The van der Waals surface area contributed by atoms with Crippen LogP contribution in [0, 0.1) is 13.8 Å². The molecule has 2 rings (SSSR count). The van der Waals surface area contributed by atoms with Crippen LogP contribution in [0.2, 0.25) is 0 Å². The second-order valence-corrected chi connectivity index (χ2v) is 7.84. The standard InChI is InChI=1S/C17H21NO3S2/c1-13-4-9-17(14(2)12-13)21-11-10-18-23(19,20)16-7-5-15(22-3)6-8-16/h4-9,12,18H,10-11H2,1-3H3. The first-order valence-corrected chi connectivity index (χ1v) is 9.97. The number of sulfonamides is 1. The van der Waals surface area contributed by atoms with Crippen LogP contribution in [-0.2, 0) is 10.0 Å². The minimum absolute atomic E-state index is 0.222. The Balaban J connectivity index is 1.89. The summed E-state index contributed by atoms with van der Waals surface area (Å²) in [6.45, 7) is 4.50. The first-order chi connectivity index (χ1) is 10.9. The number of nitrogens with one attached hydrogen (secondary N) is 1. The van der Waals surface area contributed by atoms with E-state index in [1.807, 2.05) is 38.3 Å². The molecule has 0 aromatic heterocycles. The number of rotatable bonds is 7.